The van der Waals surface area contributed by atoms with Gasteiger partial charge in [-0.15, -0.1) is 11.3 Å². The Bertz CT molecular complexity index is 1180. The van der Waals surface area contributed by atoms with Gasteiger partial charge in [-0.05, 0) is 48.6 Å². The summed E-state index contributed by atoms with van der Waals surface area (Å²) in [6.45, 7) is 0.314. The van der Waals surface area contributed by atoms with E-state index in [9.17, 15) is 19.7 Å². The maximum atomic E-state index is 13.0. The number of amides is 2. The van der Waals surface area contributed by atoms with Gasteiger partial charge in [-0.2, -0.15) is 0 Å². The average molecular weight is 457 g/mol. The predicted molar refractivity (Wildman–Crippen MR) is 118 cm³/mol. The number of carbonyl (C=O) groups excluding carboxylic acids is 2. The topological polar surface area (TPSA) is 114 Å². The van der Waals surface area contributed by atoms with E-state index in [0.717, 1.165) is 41.3 Å². The molecule has 2 heterocycles. The molecule has 2 amide bonds. The minimum atomic E-state index is -0.643. The summed E-state index contributed by atoms with van der Waals surface area (Å²) in [6, 6.07) is 7.50. The molecule has 158 valence electrons. The molecule has 0 aliphatic heterocycles. The molecule has 8 nitrogen and oxygen atoms in total. The summed E-state index contributed by atoms with van der Waals surface area (Å²) in [5.41, 5.74) is 2.01. The number of carbonyl (C=O) groups is 2. The Morgan fingerprint density at radius 2 is 2.06 bits per heavy atom. The van der Waals surface area contributed by atoms with Crippen molar-refractivity contribution in [2.45, 2.75) is 25.8 Å². The van der Waals surface area contributed by atoms with E-state index in [0.29, 0.717) is 17.1 Å². The van der Waals surface area contributed by atoms with Crippen molar-refractivity contribution in [3.8, 4) is 0 Å². The second kappa shape index (κ2) is 8.83. The van der Waals surface area contributed by atoms with E-state index in [2.05, 4.69) is 15.6 Å². The molecule has 0 spiro atoms. The number of nitro benzene ring substituents is 1. The van der Waals surface area contributed by atoms with Crippen LogP contribution in [-0.4, -0.2) is 21.7 Å². The van der Waals surface area contributed by atoms with Crippen molar-refractivity contribution in [3.63, 3.8) is 0 Å². The van der Waals surface area contributed by atoms with E-state index in [1.54, 1.807) is 18.5 Å². The number of aryl methyl sites for hydroxylation is 1. The standard InChI is InChI=1S/C21H17ClN4O4S/c22-15-7-6-13(9-16(15)26(29)30)19(27)25-21-18(14-4-1-5-17(14)31-21)20(28)24-11-12-3-2-8-23-10-12/h2-3,6-10H,1,4-5,11H2,(H,24,28)(H,25,27). The first kappa shape index (κ1) is 21.0. The molecule has 0 radical (unpaired) electrons. The number of fused-ring (bicyclic) bond motifs is 1. The largest absolute Gasteiger partial charge is 0.348 e. The summed E-state index contributed by atoms with van der Waals surface area (Å²) in [5, 5.41) is 17.2. The van der Waals surface area contributed by atoms with Crippen LogP contribution in [0.25, 0.3) is 0 Å². The Morgan fingerprint density at radius 1 is 1.23 bits per heavy atom. The van der Waals surface area contributed by atoms with Gasteiger partial charge in [-0.1, -0.05) is 17.7 Å². The van der Waals surface area contributed by atoms with Crippen molar-refractivity contribution in [2.24, 2.45) is 0 Å². The molecule has 0 saturated carbocycles. The second-order valence-electron chi connectivity index (χ2n) is 6.98. The summed E-state index contributed by atoms with van der Waals surface area (Å²) in [4.78, 5) is 41.3. The molecule has 4 rings (SSSR count). The number of pyridine rings is 1. The van der Waals surface area contributed by atoms with E-state index < -0.39 is 10.8 Å². The Balaban J connectivity index is 1.58. The van der Waals surface area contributed by atoms with Crippen molar-refractivity contribution in [3.05, 3.63) is 85.0 Å². The highest BCUT2D eigenvalue weighted by molar-refractivity contribution is 7.17. The van der Waals surface area contributed by atoms with Crippen molar-refractivity contribution in [2.75, 3.05) is 5.32 Å². The van der Waals surface area contributed by atoms with Gasteiger partial charge in [-0.25, -0.2) is 0 Å². The highest BCUT2D eigenvalue weighted by Crippen LogP contribution is 2.39. The van der Waals surface area contributed by atoms with Crippen LogP contribution in [0.3, 0.4) is 0 Å². The fourth-order valence-corrected chi connectivity index (χ4v) is 4.94. The molecule has 0 bridgehead atoms. The summed E-state index contributed by atoms with van der Waals surface area (Å²) in [5.74, 6) is -0.818. The van der Waals surface area contributed by atoms with E-state index >= 15 is 0 Å². The third-order valence-electron chi connectivity index (χ3n) is 4.96. The van der Waals surface area contributed by atoms with E-state index in [1.807, 2.05) is 6.07 Å². The zero-order valence-corrected chi connectivity index (χ0v) is 17.8. The van der Waals surface area contributed by atoms with Gasteiger partial charge >= 0.3 is 0 Å². The maximum absolute atomic E-state index is 13.0. The smallest absolute Gasteiger partial charge is 0.288 e. The SMILES string of the molecule is O=C(Nc1sc2c(c1C(=O)NCc1cccnc1)CCC2)c1ccc(Cl)c([N+](=O)[O-])c1. The first-order chi connectivity index (χ1) is 14.9. The lowest BCUT2D eigenvalue weighted by atomic mass is 10.1. The summed E-state index contributed by atoms with van der Waals surface area (Å²) < 4.78 is 0. The van der Waals surface area contributed by atoms with E-state index in [1.165, 1.54) is 23.5 Å². The number of anilines is 1. The average Bonchev–Trinajstić information content (AvgIpc) is 3.33. The van der Waals surface area contributed by atoms with Gasteiger partial charge in [0.05, 0.1) is 10.5 Å². The maximum Gasteiger partial charge on any atom is 0.288 e. The quantitative estimate of drug-likeness (QED) is 0.422. The number of rotatable bonds is 6. The molecular formula is C21H17ClN4O4S. The first-order valence-corrected chi connectivity index (χ1v) is 10.7. The number of aromatic nitrogens is 1. The Labute approximate surface area is 186 Å². The Hall–Kier alpha value is -3.30. The minimum absolute atomic E-state index is 0.0490. The van der Waals surface area contributed by atoms with Crippen LogP contribution >= 0.6 is 22.9 Å². The number of nitro groups is 1. The van der Waals surface area contributed by atoms with Crippen LogP contribution in [0.2, 0.25) is 5.02 Å². The number of nitrogens with zero attached hydrogens (tertiary/aromatic N) is 2. The van der Waals surface area contributed by atoms with Gasteiger partial charge in [0, 0.05) is 35.4 Å². The number of hydrogen-bond donors (Lipinski definition) is 2. The van der Waals surface area contributed by atoms with Crippen LogP contribution in [0.4, 0.5) is 10.7 Å². The third-order valence-corrected chi connectivity index (χ3v) is 6.48. The van der Waals surface area contributed by atoms with Gasteiger partial charge in [0.1, 0.15) is 10.0 Å². The molecule has 3 aromatic rings. The number of halogens is 1. The Morgan fingerprint density at radius 3 is 2.81 bits per heavy atom. The van der Waals surface area contributed by atoms with Crippen LogP contribution in [-0.2, 0) is 19.4 Å². The van der Waals surface area contributed by atoms with E-state index in [-0.39, 0.29) is 22.2 Å². The molecule has 2 aromatic heterocycles. The van der Waals surface area contributed by atoms with E-state index in [4.69, 9.17) is 11.6 Å². The van der Waals surface area contributed by atoms with Gasteiger partial charge in [-0.3, -0.25) is 24.7 Å². The number of thiophene rings is 1. The Kier molecular flexibility index (Phi) is 5.97. The minimum Gasteiger partial charge on any atom is -0.348 e. The molecule has 1 aliphatic rings. The fraction of sp³-hybridized carbons (Fsp3) is 0.190. The molecule has 0 saturated heterocycles. The second-order valence-corrected chi connectivity index (χ2v) is 8.50. The number of nitrogens with one attached hydrogen (secondary N) is 2. The molecule has 1 aliphatic carbocycles. The van der Waals surface area contributed by atoms with Crippen molar-refractivity contribution >= 4 is 45.4 Å². The van der Waals surface area contributed by atoms with Crippen molar-refractivity contribution in [1.29, 1.82) is 0 Å². The fourth-order valence-electron chi connectivity index (χ4n) is 3.48. The lowest BCUT2D eigenvalue weighted by molar-refractivity contribution is -0.384. The normalized spacial score (nSPS) is 12.3. The van der Waals surface area contributed by atoms with Crippen LogP contribution in [0.15, 0.2) is 42.7 Å². The molecule has 0 atom stereocenters. The lowest BCUT2D eigenvalue weighted by Crippen LogP contribution is -2.25. The molecule has 0 unspecified atom stereocenters. The highest BCUT2D eigenvalue weighted by Gasteiger charge is 2.28. The van der Waals surface area contributed by atoms with Crippen LogP contribution in [0.1, 0.15) is 43.1 Å². The van der Waals surface area contributed by atoms with Gasteiger partial charge in [0.15, 0.2) is 0 Å². The number of hydrogen-bond acceptors (Lipinski definition) is 6. The molecule has 2 N–H and O–H groups in total. The van der Waals surface area contributed by atoms with Crippen LogP contribution in [0, 0.1) is 10.1 Å². The van der Waals surface area contributed by atoms with Crippen molar-refractivity contribution < 1.29 is 14.5 Å². The lowest BCUT2D eigenvalue weighted by Gasteiger charge is -2.10. The highest BCUT2D eigenvalue weighted by atomic mass is 35.5. The van der Waals surface area contributed by atoms with Gasteiger partial charge in [0.25, 0.3) is 17.5 Å². The summed E-state index contributed by atoms with van der Waals surface area (Å²) in [6.07, 6.45) is 5.91. The number of benzene rings is 1. The van der Waals surface area contributed by atoms with Crippen LogP contribution < -0.4 is 10.6 Å². The predicted octanol–water partition coefficient (Wildman–Crippen LogP) is 4.38. The van der Waals surface area contributed by atoms with Gasteiger partial charge in [0.2, 0.25) is 0 Å². The zero-order chi connectivity index (χ0) is 22.0. The zero-order valence-electron chi connectivity index (χ0n) is 16.2. The summed E-state index contributed by atoms with van der Waals surface area (Å²) >= 11 is 7.20. The molecule has 0 fully saturated rings. The summed E-state index contributed by atoms with van der Waals surface area (Å²) in [7, 11) is 0. The molecular weight excluding hydrogens is 440 g/mol. The van der Waals surface area contributed by atoms with Crippen LogP contribution in [0.5, 0.6) is 0 Å². The first-order valence-electron chi connectivity index (χ1n) is 9.51. The van der Waals surface area contributed by atoms with Gasteiger partial charge < -0.3 is 10.6 Å². The molecule has 1 aromatic carbocycles. The molecule has 10 heteroatoms. The van der Waals surface area contributed by atoms with Crippen molar-refractivity contribution in [1.82, 2.24) is 10.3 Å². The monoisotopic (exact) mass is 456 g/mol. The third kappa shape index (κ3) is 4.42. The molecule has 31 heavy (non-hydrogen) atoms.